The number of nitrogens with one attached hydrogen (secondary N) is 1. The Morgan fingerprint density at radius 1 is 1.17 bits per heavy atom. The van der Waals surface area contributed by atoms with Gasteiger partial charge in [-0.25, -0.2) is 4.79 Å². The molecule has 5 rings (SSSR count). The molecule has 0 spiro atoms. The number of nitrogens with zero attached hydrogens (tertiary/aromatic N) is 1. The van der Waals surface area contributed by atoms with Crippen LogP contribution in [0.2, 0.25) is 5.02 Å². The van der Waals surface area contributed by atoms with E-state index < -0.39 is 23.6 Å². The number of hydrogen-bond donors (Lipinski definition) is 2. The Kier molecular flexibility index (Phi) is 5.62. The first-order chi connectivity index (χ1) is 16.8. The number of aryl methyl sites for hydroxylation is 1. The van der Waals surface area contributed by atoms with Gasteiger partial charge in [0.25, 0.3) is 0 Å². The second-order valence-corrected chi connectivity index (χ2v) is 9.10. The first kappa shape index (κ1) is 22.8. The first-order valence-corrected chi connectivity index (χ1v) is 11.5. The highest BCUT2D eigenvalue weighted by Crippen LogP contribution is 2.55. The van der Waals surface area contributed by atoms with Gasteiger partial charge in [-0.3, -0.25) is 10.1 Å². The van der Waals surface area contributed by atoms with Crippen LogP contribution >= 0.6 is 11.6 Å². The number of fused-ring (bicyclic) bond motifs is 1. The molecular formula is C27H21ClN2O5. The fourth-order valence-electron chi connectivity index (χ4n) is 4.17. The topological polar surface area (TPSA) is 102 Å². The predicted molar refractivity (Wildman–Crippen MR) is 130 cm³/mol. The van der Waals surface area contributed by atoms with Crippen molar-refractivity contribution >= 4 is 29.4 Å². The lowest BCUT2D eigenvalue weighted by atomic mass is 9.96. The molecule has 176 valence electrons. The van der Waals surface area contributed by atoms with Gasteiger partial charge in [0.15, 0.2) is 11.5 Å². The van der Waals surface area contributed by atoms with Gasteiger partial charge in [-0.05, 0) is 79.7 Å². The molecule has 1 unspecified atom stereocenters. The Bertz CT molecular complexity index is 1440. The standard InChI is InChI=1S/C27H21ClN2O5/c1-15(21-5-3-4-6-22(21)28)34-26(33)29-24-16(2)35-30-23(24)8-7-17-11-18-13-20(14-19(18)12-17)27(9-10-27)25(31)32/h3-6,11-15H,9-10H2,1-2H3,(H,29,33)(H,31,32). The third-order valence-electron chi connectivity index (χ3n) is 6.33. The van der Waals surface area contributed by atoms with Crippen LogP contribution in [0.15, 0.2) is 75.4 Å². The number of ether oxygens (including phenoxy) is 1. The summed E-state index contributed by atoms with van der Waals surface area (Å²) in [5.74, 6) is 5.59. The number of carboxylic acids is 1. The molecule has 35 heavy (non-hydrogen) atoms. The average molecular weight is 489 g/mol. The zero-order valence-electron chi connectivity index (χ0n) is 19.0. The molecule has 2 aromatic rings. The number of carbonyl (C=O) groups is 2. The van der Waals surface area contributed by atoms with E-state index >= 15 is 0 Å². The molecule has 1 atom stereocenters. The van der Waals surface area contributed by atoms with Crippen molar-refractivity contribution in [2.75, 3.05) is 5.32 Å². The van der Waals surface area contributed by atoms with Crippen LogP contribution in [0, 0.1) is 24.2 Å². The second-order valence-electron chi connectivity index (χ2n) is 8.69. The molecule has 1 amide bonds. The average Bonchev–Trinajstić information content (AvgIpc) is 3.25. The minimum atomic E-state index is -0.772. The number of allylic oxidation sites excluding steroid dienone is 7. The molecule has 7 nitrogen and oxygen atoms in total. The molecule has 1 saturated carbocycles. The van der Waals surface area contributed by atoms with Gasteiger partial charge in [0.2, 0.25) is 0 Å². The summed E-state index contributed by atoms with van der Waals surface area (Å²) in [6.45, 7) is 3.40. The molecule has 0 radical (unpaired) electrons. The monoisotopic (exact) mass is 488 g/mol. The number of carbonyl (C=O) groups excluding carboxylic acids is 1. The second kappa shape index (κ2) is 8.64. The van der Waals surface area contributed by atoms with Crippen LogP contribution < -0.4 is 5.32 Å². The highest BCUT2D eigenvalue weighted by atomic mass is 35.5. The van der Waals surface area contributed by atoms with Crippen molar-refractivity contribution in [3.63, 3.8) is 0 Å². The molecule has 1 aromatic carbocycles. The maximum atomic E-state index is 12.5. The lowest BCUT2D eigenvalue weighted by Crippen LogP contribution is -2.17. The lowest BCUT2D eigenvalue weighted by Gasteiger charge is -2.15. The molecular weight excluding hydrogens is 468 g/mol. The van der Waals surface area contributed by atoms with Crippen molar-refractivity contribution in [3.8, 4) is 11.8 Å². The van der Waals surface area contributed by atoms with Crippen LogP contribution in [0.25, 0.3) is 0 Å². The van der Waals surface area contributed by atoms with Crippen molar-refractivity contribution in [1.29, 1.82) is 0 Å². The Balaban J connectivity index is 1.27. The van der Waals surface area contributed by atoms with Gasteiger partial charge in [0, 0.05) is 16.2 Å². The number of halogens is 1. The number of benzene rings is 1. The molecule has 0 bridgehead atoms. The fraction of sp³-hybridized carbons (Fsp3) is 0.222. The van der Waals surface area contributed by atoms with Crippen molar-refractivity contribution < 1.29 is 24.0 Å². The van der Waals surface area contributed by atoms with E-state index in [0.717, 1.165) is 22.3 Å². The minimum absolute atomic E-state index is 0.272. The Labute approximate surface area is 206 Å². The molecule has 3 aliphatic rings. The van der Waals surface area contributed by atoms with Gasteiger partial charge < -0.3 is 14.4 Å². The van der Waals surface area contributed by atoms with Gasteiger partial charge in [0.05, 0.1) is 5.41 Å². The van der Waals surface area contributed by atoms with Crippen LogP contribution in [-0.4, -0.2) is 22.3 Å². The number of amides is 1. The van der Waals surface area contributed by atoms with E-state index in [0.29, 0.717) is 34.9 Å². The predicted octanol–water partition coefficient (Wildman–Crippen LogP) is 5.90. The van der Waals surface area contributed by atoms with Gasteiger partial charge in [0.1, 0.15) is 11.8 Å². The quantitative estimate of drug-likeness (QED) is 0.508. The van der Waals surface area contributed by atoms with Gasteiger partial charge >= 0.3 is 12.1 Å². The lowest BCUT2D eigenvalue weighted by molar-refractivity contribution is -0.141. The van der Waals surface area contributed by atoms with E-state index in [2.05, 4.69) is 22.3 Å². The Morgan fingerprint density at radius 3 is 2.60 bits per heavy atom. The SMILES string of the molecule is Cc1onc(C#CC2=CC3=CC(C4(C(=O)O)CC4)=CC3=C2)c1NC(=O)OC(C)c1ccccc1Cl. The molecule has 8 heteroatoms. The Hall–Kier alpha value is -4.02. The summed E-state index contributed by atoms with van der Waals surface area (Å²) >= 11 is 6.18. The molecule has 2 N–H and O–H groups in total. The number of aromatic nitrogens is 1. The molecule has 3 aliphatic carbocycles. The summed E-state index contributed by atoms with van der Waals surface area (Å²) in [5.41, 5.74) is 4.07. The number of aliphatic carboxylic acids is 1. The molecule has 1 heterocycles. The number of carboxylic acid groups (broad SMARTS) is 1. The van der Waals surface area contributed by atoms with E-state index in [1.165, 1.54) is 0 Å². The number of hydrogen-bond acceptors (Lipinski definition) is 5. The summed E-state index contributed by atoms with van der Waals surface area (Å²) in [7, 11) is 0. The van der Waals surface area contributed by atoms with Crippen LogP contribution in [0.3, 0.4) is 0 Å². The van der Waals surface area contributed by atoms with Crippen LogP contribution in [0.4, 0.5) is 10.5 Å². The van der Waals surface area contributed by atoms with Gasteiger partial charge in [-0.2, -0.15) is 0 Å². The first-order valence-electron chi connectivity index (χ1n) is 11.1. The third-order valence-corrected chi connectivity index (χ3v) is 6.68. The van der Waals surface area contributed by atoms with Gasteiger partial charge in [-0.1, -0.05) is 40.9 Å². The van der Waals surface area contributed by atoms with Crippen LogP contribution in [0.1, 0.15) is 42.9 Å². The van der Waals surface area contributed by atoms with E-state index in [-0.39, 0.29) is 5.69 Å². The summed E-state index contributed by atoms with van der Waals surface area (Å²) < 4.78 is 10.7. The summed E-state index contributed by atoms with van der Waals surface area (Å²) in [4.78, 5) is 24.1. The highest BCUT2D eigenvalue weighted by molar-refractivity contribution is 6.31. The zero-order chi connectivity index (χ0) is 24.7. The molecule has 0 aliphatic heterocycles. The smallest absolute Gasteiger partial charge is 0.412 e. The fourth-order valence-corrected chi connectivity index (χ4v) is 4.46. The largest absolute Gasteiger partial charge is 0.481 e. The van der Waals surface area contributed by atoms with Crippen LogP contribution in [-0.2, 0) is 9.53 Å². The molecule has 0 saturated heterocycles. The third kappa shape index (κ3) is 4.29. The van der Waals surface area contributed by atoms with E-state index in [1.807, 2.05) is 30.4 Å². The minimum Gasteiger partial charge on any atom is -0.481 e. The number of anilines is 1. The molecule has 1 aromatic heterocycles. The van der Waals surface area contributed by atoms with Gasteiger partial charge in [-0.15, -0.1) is 0 Å². The normalized spacial score (nSPS) is 17.7. The maximum Gasteiger partial charge on any atom is 0.412 e. The summed E-state index contributed by atoms with van der Waals surface area (Å²) in [5, 5.41) is 16.6. The van der Waals surface area contributed by atoms with Crippen LogP contribution in [0.5, 0.6) is 0 Å². The molecule has 1 fully saturated rings. The van der Waals surface area contributed by atoms with Crippen molar-refractivity contribution in [3.05, 3.63) is 92.9 Å². The van der Waals surface area contributed by atoms with Crippen molar-refractivity contribution in [2.24, 2.45) is 5.41 Å². The van der Waals surface area contributed by atoms with E-state index in [4.69, 9.17) is 20.9 Å². The highest BCUT2D eigenvalue weighted by Gasteiger charge is 2.53. The maximum absolute atomic E-state index is 12.5. The van der Waals surface area contributed by atoms with Crippen molar-refractivity contribution in [2.45, 2.75) is 32.8 Å². The van der Waals surface area contributed by atoms with Crippen molar-refractivity contribution in [1.82, 2.24) is 5.16 Å². The Morgan fingerprint density at radius 2 is 1.91 bits per heavy atom. The summed E-state index contributed by atoms with van der Waals surface area (Å²) in [6.07, 6.45) is 7.75. The van der Waals surface area contributed by atoms with E-state index in [1.54, 1.807) is 32.0 Å². The van der Waals surface area contributed by atoms with E-state index in [9.17, 15) is 14.7 Å². The number of rotatable bonds is 5. The zero-order valence-corrected chi connectivity index (χ0v) is 19.8. The summed E-state index contributed by atoms with van der Waals surface area (Å²) in [6, 6.07) is 7.15.